The lowest BCUT2D eigenvalue weighted by molar-refractivity contribution is 0.127. The molecular formula is C33H40FN7O4. The molecule has 1 unspecified atom stereocenters. The normalized spacial score (nSPS) is 17.3. The van der Waals surface area contributed by atoms with Crippen molar-refractivity contribution in [3.8, 4) is 22.8 Å². The number of likely N-dealkylation sites (tertiary alicyclic amines) is 1. The minimum atomic E-state index is -1.13. The molecule has 2 aromatic heterocycles. The first-order chi connectivity index (χ1) is 21.9. The SMILES string of the molecule is CCNC(O)c1cc(-c2nn(-c3ccccc3)c(NC(=O)N[C@@H]3CN(CCOC)C[C@H]3c3ccccc3)c2C)cnc1OCF. The van der Waals surface area contributed by atoms with Gasteiger partial charge in [-0.05, 0) is 37.2 Å². The molecule has 1 fully saturated rings. The Hall–Kier alpha value is -4.36. The molecule has 0 radical (unpaired) electrons. The van der Waals surface area contributed by atoms with Gasteiger partial charge in [-0.15, -0.1) is 0 Å². The third kappa shape index (κ3) is 7.48. The Bertz CT molecular complexity index is 1550. The largest absolute Gasteiger partial charge is 0.445 e. The summed E-state index contributed by atoms with van der Waals surface area (Å²) in [5.74, 6) is 0.580. The number of para-hydroxylation sites is 1. The Labute approximate surface area is 262 Å². The van der Waals surface area contributed by atoms with E-state index in [1.807, 2.05) is 62.4 Å². The third-order valence-corrected chi connectivity index (χ3v) is 7.94. The fourth-order valence-electron chi connectivity index (χ4n) is 5.73. The summed E-state index contributed by atoms with van der Waals surface area (Å²) in [5.41, 5.74) is 3.98. The average molecular weight is 618 g/mol. The summed E-state index contributed by atoms with van der Waals surface area (Å²) in [6.45, 7) is 5.97. The lowest BCUT2D eigenvalue weighted by Gasteiger charge is -2.21. The Morgan fingerprint density at radius 3 is 2.56 bits per heavy atom. The van der Waals surface area contributed by atoms with Gasteiger partial charge in [-0.2, -0.15) is 5.10 Å². The van der Waals surface area contributed by atoms with Gasteiger partial charge in [0.15, 0.2) is 0 Å². The molecule has 0 bridgehead atoms. The number of hydrogen-bond acceptors (Lipinski definition) is 8. The highest BCUT2D eigenvalue weighted by Crippen LogP contribution is 2.34. The highest BCUT2D eigenvalue weighted by atomic mass is 19.1. The maximum Gasteiger partial charge on any atom is 0.320 e. The molecule has 2 amide bonds. The molecule has 3 atom stereocenters. The van der Waals surface area contributed by atoms with Crippen LogP contribution in [0, 0.1) is 6.92 Å². The highest BCUT2D eigenvalue weighted by molar-refractivity contribution is 5.91. The van der Waals surface area contributed by atoms with E-state index in [0.29, 0.717) is 42.3 Å². The van der Waals surface area contributed by atoms with Gasteiger partial charge in [0.05, 0.1) is 29.6 Å². The van der Waals surface area contributed by atoms with Crippen LogP contribution in [0.3, 0.4) is 0 Å². The highest BCUT2D eigenvalue weighted by Gasteiger charge is 2.35. The van der Waals surface area contributed by atoms with Crippen molar-refractivity contribution >= 4 is 11.8 Å². The number of aliphatic hydroxyl groups excluding tert-OH is 1. The molecule has 11 nitrogen and oxygen atoms in total. The maximum absolute atomic E-state index is 13.7. The van der Waals surface area contributed by atoms with Crippen LogP contribution in [0.4, 0.5) is 15.0 Å². The molecular weight excluding hydrogens is 577 g/mol. The number of aromatic nitrogens is 3. The molecule has 12 heteroatoms. The molecule has 0 saturated carbocycles. The number of halogens is 1. The van der Waals surface area contributed by atoms with Gasteiger partial charge in [-0.3, -0.25) is 15.5 Å². The van der Waals surface area contributed by atoms with Crippen molar-refractivity contribution in [3.63, 3.8) is 0 Å². The van der Waals surface area contributed by atoms with E-state index in [1.54, 1.807) is 17.9 Å². The van der Waals surface area contributed by atoms with Crippen molar-refractivity contribution in [1.82, 2.24) is 30.3 Å². The van der Waals surface area contributed by atoms with Gasteiger partial charge in [0.1, 0.15) is 12.0 Å². The van der Waals surface area contributed by atoms with Crippen LogP contribution in [-0.2, 0) is 4.74 Å². The summed E-state index contributed by atoms with van der Waals surface area (Å²) in [5, 5.41) is 24.7. The van der Waals surface area contributed by atoms with Crippen LogP contribution in [0.1, 0.15) is 35.8 Å². The lowest BCUT2D eigenvalue weighted by Crippen LogP contribution is -2.42. The van der Waals surface area contributed by atoms with Gasteiger partial charge in [0, 0.05) is 50.0 Å². The van der Waals surface area contributed by atoms with Crippen molar-refractivity contribution in [3.05, 3.63) is 89.6 Å². The minimum Gasteiger partial charge on any atom is -0.445 e. The molecule has 2 aromatic carbocycles. The molecule has 238 valence electrons. The Morgan fingerprint density at radius 1 is 1.13 bits per heavy atom. The van der Waals surface area contributed by atoms with Gasteiger partial charge in [0.2, 0.25) is 12.7 Å². The van der Waals surface area contributed by atoms with Crippen molar-refractivity contribution in [2.24, 2.45) is 0 Å². The number of benzene rings is 2. The summed E-state index contributed by atoms with van der Waals surface area (Å²) >= 11 is 0. The predicted octanol–water partition coefficient (Wildman–Crippen LogP) is 4.38. The van der Waals surface area contributed by atoms with Crippen LogP contribution < -0.4 is 20.7 Å². The standard InChI is InChI=1S/C33H40FN7O4/c1-4-35-31(42)26-17-24(18-36-32(26)45-21-34)29-22(2)30(41(39-29)25-13-9-6-10-14-25)38-33(43)37-28-20-40(15-16-44-3)19-27(28)23-11-7-5-8-12-23/h5-14,17-18,27-28,31,35,42H,4,15-16,19-21H2,1-3H3,(H2,37,38,43)/t27-,28+,31?/m0/s1. The summed E-state index contributed by atoms with van der Waals surface area (Å²) in [6, 6.07) is 20.9. The number of carbonyl (C=O) groups excluding carboxylic acids is 1. The number of nitrogens with zero attached hydrogens (tertiary/aromatic N) is 4. The van der Waals surface area contributed by atoms with Crippen molar-refractivity contribution in [2.45, 2.75) is 32.0 Å². The number of aliphatic hydroxyl groups is 1. The molecule has 3 heterocycles. The van der Waals surface area contributed by atoms with Crippen molar-refractivity contribution in [1.29, 1.82) is 0 Å². The van der Waals surface area contributed by atoms with E-state index in [2.05, 4.69) is 38.0 Å². The average Bonchev–Trinajstić information content (AvgIpc) is 3.61. The summed E-state index contributed by atoms with van der Waals surface area (Å²) in [4.78, 5) is 20.2. The van der Waals surface area contributed by atoms with Crippen LogP contribution >= 0.6 is 0 Å². The number of alkyl halides is 1. The first-order valence-corrected chi connectivity index (χ1v) is 15.0. The number of amides is 2. The fourth-order valence-corrected chi connectivity index (χ4v) is 5.73. The Kier molecular flexibility index (Phi) is 10.7. The maximum atomic E-state index is 13.7. The smallest absolute Gasteiger partial charge is 0.320 e. The van der Waals surface area contributed by atoms with Crippen molar-refractivity contribution < 1.29 is 23.8 Å². The van der Waals surface area contributed by atoms with Gasteiger partial charge < -0.3 is 19.9 Å². The van der Waals surface area contributed by atoms with E-state index in [0.717, 1.165) is 18.8 Å². The number of carbonyl (C=O) groups is 1. The molecule has 0 aliphatic carbocycles. The summed E-state index contributed by atoms with van der Waals surface area (Å²) in [7, 11) is 1.69. The van der Waals surface area contributed by atoms with E-state index in [1.165, 1.54) is 11.8 Å². The van der Waals surface area contributed by atoms with Crippen molar-refractivity contribution in [2.75, 3.05) is 52.1 Å². The number of pyridine rings is 1. The second-order valence-electron chi connectivity index (χ2n) is 10.9. The molecule has 5 rings (SSSR count). The molecule has 1 saturated heterocycles. The molecule has 1 aliphatic heterocycles. The molecule has 0 spiro atoms. The van der Waals surface area contributed by atoms with Crippen LogP contribution in [0.5, 0.6) is 5.88 Å². The van der Waals surface area contributed by atoms with Gasteiger partial charge in [-0.1, -0.05) is 55.5 Å². The quantitative estimate of drug-likeness (QED) is 0.163. The van der Waals surface area contributed by atoms with Crippen LogP contribution in [0.15, 0.2) is 72.9 Å². The number of methoxy groups -OCH3 is 1. The lowest BCUT2D eigenvalue weighted by atomic mass is 9.94. The third-order valence-electron chi connectivity index (χ3n) is 7.94. The van der Waals surface area contributed by atoms with E-state index >= 15 is 0 Å². The topological polar surface area (TPSA) is 126 Å². The molecule has 4 aromatic rings. The summed E-state index contributed by atoms with van der Waals surface area (Å²) in [6.07, 6.45) is 0.385. The predicted molar refractivity (Wildman–Crippen MR) is 170 cm³/mol. The molecule has 45 heavy (non-hydrogen) atoms. The van der Waals surface area contributed by atoms with Gasteiger partial charge in [-0.25, -0.2) is 18.9 Å². The monoisotopic (exact) mass is 617 g/mol. The Morgan fingerprint density at radius 2 is 1.87 bits per heavy atom. The zero-order valence-electron chi connectivity index (χ0n) is 25.7. The molecule has 4 N–H and O–H groups in total. The number of anilines is 1. The molecule has 1 aliphatic rings. The first kappa shape index (κ1) is 32.0. The Balaban J connectivity index is 1.46. The van der Waals surface area contributed by atoms with E-state index < -0.39 is 13.1 Å². The van der Waals surface area contributed by atoms with E-state index in [9.17, 15) is 14.3 Å². The fraction of sp³-hybridized carbons (Fsp3) is 0.364. The minimum absolute atomic E-state index is 0.0170. The van der Waals surface area contributed by atoms with Crippen LogP contribution in [-0.4, -0.2) is 83.6 Å². The second-order valence-corrected chi connectivity index (χ2v) is 10.9. The number of ether oxygens (including phenoxy) is 2. The van der Waals surface area contributed by atoms with E-state index in [4.69, 9.17) is 14.6 Å². The van der Waals surface area contributed by atoms with Gasteiger partial charge >= 0.3 is 6.03 Å². The number of urea groups is 1. The first-order valence-electron chi connectivity index (χ1n) is 15.0. The van der Waals surface area contributed by atoms with Gasteiger partial charge in [0.25, 0.3) is 0 Å². The van der Waals surface area contributed by atoms with Crippen LogP contribution in [0.2, 0.25) is 0 Å². The summed E-state index contributed by atoms with van der Waals surface area (Å²) < 4.78 is 25.1. The number of nitrogens with one attached hydrogen (secondary N) is 3. The zero-order chi connectivity index (χ0) is 31.8. The number of rotatable bonds is 13. The second kappa shape index (κ2) is 15.1. The van der Waals surface area contributed by atoms with Crippen LogP contribution in [0.25, 0.3) is 16.9 Å². The number of hydrogen-bond donors (Lipinski definition) is 4. The zero-order valence-corrected chi connectivity index (χ0v) is 25.7. The van der Waals surface area contributed by atoms with E-state index in [-0.39, 0.29) is 29.4 Å².